The number of aromatic carboxylic acids is 1. The van der Waals surface area contributed by atoms with Crippen LogP contribution >= 0.6 is 0 Å². The van der Waals surface area contributed by atoms with Gasteiger partial charge in [-0.2, -0.15) is 5.26 Å². The van der Waals surface area contributed by atoms with Gasteiger partial charge in [-0.1, -0.05) is 24.3 Å². The maximum Gasteiger partial charge on any atom is 0.335 e. The lowest BCUT2D eigenvalue weighted by molar-refractivity contribution is 0.0697. The number of nitriles is 1. The fraction of sp³-hybridized carbons (Fsp3) is 0.125. The standard InChI is InChI=1S/C16H13FN2O2/c17-14-7-5-12(6-8-14)15(9-18)19-10-11-1-3-13(4-2-11)16(20)21/h1-8,15,19H,10H2,(H,20,21). The van der Waals surface area contributed by atoms with E-state index in [1.165, 1.54) is 24.3 Å². The molecule has 106 valence electrons. The van der Waals surface area contributed by atoms with E-state index in [2.05, 4.69) is 11.4 Å². The van der Waals surface area contributed by atoms with Crippen LogP contribution in [0.1, 0.15) is 27.5 Å². The number of carbonyl (C=O) groups is 1. The highest BCUT2D eigenvalue weighted by molar-refractivity contribution is 5.87. The smallest absolute Gasteiger partial charge is 0.335 e. The quantitative estimate of drug-likeness (QED) is 0.885. The van der Waals surface area contributed by atoms with Crippen LogP contribution in [0.3, 0.4) is 0 Å². The summed E-state index contributed by atoms with van der Waals surface area (Å²) in [6.07, 6.45) is 0. The highest BCUT2D eigenvalue weighted by Gasteiger charge is 2.10. The first-order valence-electron chi connectivity index (χ1n) is 6.31. The molecule has 4 nitrogen and oxygen atoms in total. The van der Waals surface area contributed by atoms with Crippen LogP contribution in [0.4, 0.5) is 4.39 Å². The Morgan fingerprint density at radius 3 is 2.33 bits per heavy atom. The largest absolute Gasteiger partial charge is 0.478 e. The fourth-order valence-electron chi connectivity index (χ4n) is 1.88. The van der Waals surface area contributed by atoms with Gasteiger partial charge in [0.15, 0.2) is 0 Å². The van der Waals surface area contributed by atoms with Crippen molar-refractivity contribution in [2.24, 2.45) is 0 Å². The maximum absolute atomic E-state index is 12.9. The van der Waals surface area contributed by atoms with Gasteiger partial charge < -0.3 is 5.11 Å². The third kappa shape index (κ3) is 3.88. The predicted molar refractivity (Wildman–Crippen MR) is 75.0 cm³/mol. The van der Waals surface area contributed by atoms with Crippen molar-refractivity contribution < 1.29 is 14.3 Å². The number of halogens is 1. The minimum atomic E-state index is -0.976. The van der Waals surface area contributed by atoms with Gasteiger partial charge in [0.25, 0.3) is 0 Å². The highest BCUT2D eigenvalue weighted by Crippen LogP contribution is 2.14. The molecule has 2 aromatic carbocycles. The molecule has 1 atom stereocenters. The van der Waals surface area contributed by atoms with Crippen molar-refractivity contribution in [2.75, 3.05) is 0 Å². The van der Waals surface area contributed by atoms with Crippen LogP contribution in [0.5, 0.6) is 0 Å². The van der Waals surface area contributed by atoms with Gasteiger partial charge in [0.1, 0.15) is 11.9 Å². The van der Waals surface area contributed by atoms with E-state index in [0.29, 0.717) is 12.1 Å². The molecule has 0 heterocycles. The number of hydrogen-bond acceptors (Lipinski definition) is 3. The molecule has 2 N–H and O–H groups in total. The Balaban J connectivity index is 2.02. The fourth-order valence-corrected chi connectivity index (χ4v) is 1.88. The second-order valence-electron chi connectivity index (χ2n) is 4.50. The first kappa shape index (κ1) is 14.7. The van der Waals surface area contributed by atoms with Gasteiger partial charge in [0, 0.05) is 6.54 Å². The Kier molecular flexibility index (Phi) is 4.64. The zero-order valence-electron chi connectivity index (χ0n) is 11.1. The maximum atomic E-state index is 12.9. The Morgan fingerprint density at radius 1 is 1.19 bits per heavy atom. The molecule has 0 radical (unpaired) electrons. The lowest BCUT2D eigenvalue weighted by Gasteiger charge is -2.12. The van der Waals surface area contributed by atoms with E-state index < -0.39 is 12.0 Å². The normalized spacial score (nSPS) is 11.6. The van der Waals surface area contributed by atoms with Gasteiger partial charge in [-0.05, 0) is 35.4 Å². The van der Waals surface area contributed by atoms with Crippen LogP contribution in [-0.2, 0) is 6.54 Å². The van der Waals surface area contributed by atoms with E-state index in [0.717, 1.165) is 5.56 Å². The van der Waals surface area contributed by atoms with Crippen LogP contribution < -0.4 is 5.32 Å². The van der Waals surface area contributed by atoms with Crippen LogP contribution in [0.2, 0.25) is 0 Å². The average Bonchev–Trinajstić information content (AvgIpc) is 2.50. The molecule has 1 unspecified atom stereocenters. The minimum absolute atomic E-state index is 0.217. The van der Waals surface area contributed by atoms with Crippen molar-refractivity contribution in [1.29, 1.82) is 5.26 Å². The topological polar surface area (TPSA) is 73.1 Å². The second-order valence-corrected chi connectivity index (χ2v) is 4.50. The molecule has 0 aliphatic carbocycles. The van der Waals surface area contributed by atoms with Crippen LogP contribution in [0.25, 0.3) is 0 Å². The molecule has 0 bridgehead atoms. The molecule has 0 aromatic heterocycles. The van der Waals surface area contributed by atoms with E-state index in [4.69, 9.17) is 10.4 Å². The van der Waals surface area contributed by atoms with Crippen LogP contribution in [-0.4, -0.2) is 11.1 Å². The monoisotopic (exact) mass is 284 g/mol. The van der Waals surface area contributed by atoms with Crippen LogP contribution in [0.15, 0.2) is 48.5 Å². The lowest BCUT2D eigenvalue weighted by atomic mass is 10.1. The molecule has 0 aliphatic rings. The molecule has 0 aliphatic heterocycles. The summed E-state index contributed by atoms with van der Waals surface area (Å²) in [6.45, 7) is 0.412. The SMILES string of the molecule is N#CC(NCc1ccc(C(=O)O)cc1)c1ccc(F)cc1. The highest BCUT2D eigenvalue weighted by atomic mass is 19.1. The number of benzene rings is 2. The molecule has 0 saturated heterocycles. The second kappa shape index (κ2) is 6.64. The summed E-state index contributed by atoms with van der Waals surface area (Å²) in [4.78, 5) is 10.7. The Bertz CT molecular complexity index is 660. The van der Waals surface area contributed by atoms with Gasteiger partial charge in [-0.15, -0.1) is 0 Å². The molecule has 5 heteroatoms. The molecule has 0 amide bonds. The van der Waals surface area contributed by atoms with Gasteiger partial charge in [0.2, 0.25) is 0 Å². The summed E-state index contributed by atoms with van der Waals surface area (Å²) in [5, 5.41) is 21.0. The average molecular weight is 284 g/mol. The third-order valence-corrected chi connectivity index (χ3v) is 3.04. The van der Waals surface area contributed by atoms with Gasteiger partial charge in [0.05, 0.1) is 11.6 Å². The molecule has 2 aromatic rings. The Hall–Kier alpha value is -2.71. The molecule has 0 saturated carbocycles. The van der Waals surface area contributed by atoms with Crippen molar-refractivity contribution in [2.45, 2.75) is 12.6 Å². The molecular weight excluding hydrogens is 271 g/mol. The first-order valence-corrected chi connectivity index (χ1v) is 6.31. The number of nitrogens with one attached hydrogen (secondary N) is 1. The summed E-state index contributed by atoms with van der Waals surface area (Å²) in [7, 11) is 0. The summed E-state index contributed by atoms with van der Waals surface area (Å²) in [5.41, 5.74) is 1.76. The molecular formula is C16H13FN2O2. The van der Waals surface area contributed by atoms with E-state index in [-0.39, 0.29) is 11.4 Å². The Labute approximate surface area is 121 Å². The van der Waals surface area contributed by atoms with Crippen molar-refractivity contribution in [3.8, 4) is 6.07 Å². The summed E-state index contributed by atoms with van der Waals surface area (Å²) >= 11 is 0. The number of carboxylic acids is 1. The molecule has 0 fully saturated rings. The molecule has 21 heavy (non-hydrogen) atoms. The summed E-state index contributed by atoms with van der Waals surface area (Å²) in [5.74, 6) is -1.32. The number of nitrogens with zero attached hydrogens (tertiary/aromatic N) is 1. The zero-order chi connectivity index (χ0) is 15.2. The minimum Gasteiger partial charge on any atom is -0.478 e. The van der Waals surface area contributed by atoms with Crippen LogP contribution in [0, 0.1) is 17.1 Å². The van der Waals surface area contributed by atoms with Crippen molar-refractivity contribution in [3.63, 3.8) is 0 Å². The Morgan fingerprint density at radius 2 is 1.81 bits per heavy atom. The van der Waals surface area contributed by atoms with Gasteiger partial charge in [-0.25, -0.2) is 9.18 Å². The van der Waals surface area contributed by atoms with E-state index in [9.17, 15) is 9.18 Å². The van der Waals surface area contributed by atoms with Crippen molar-refractivity contribution >= 4 is 5.97 Å². The van der Waals surface area contributed by atoms with E-state index in [1.807, 2.05) is 0 Å². The molecule has 0 spiro atoms. The lowest BCUT2D eigenvalue weighted by Crippen LogP contribution is -2.19. The number of hydrogen-bond donors (Lipinski definition) is 2. The van der Waals surface area contributed by atoms with E-state index >= 15 is 0 Å². The predicted octanol–water partition coefficient (Wildman–Crippen LogP) is 2.88. The molecule has 2 rings (SSSR count). The summed E-state index contributed by atoms with van der Waals surface area (Å²) in [6, 6.07) is 13.7. The van der Waals surface area contributed by atoms with Crippen molar-refractivity contribution in [1.82, 2.24) is 5.32 Å². The number of carboxylic acid groups (broad SMARTS) is 1. The summed E-state index contributed by atoms with van der Waals surface area (Å²) < 4.78 is 12.9. The van der Waals surface area contributed by atoms with E-state index in [1.54, 1.807) is 24.3 Å². The number of rotatable bonds is 5. The first-order chi connectivity index (χ1) is 10.1. The van der Waals surface area contributed by atoms with Crippen molar-refractivity contribution in [3.05, 3.63) is 71.0 Å². The third-order valence-electron chi connectivity index (χ3n) is 3.04. The van der Waals surface area contributed by atoms with Gasteiger partial charge in [-0.3, -0.25) is 5.32 Å². The van der Waals surface area contributed by atoms with Gasteiger partial charge >= 0.3 is 5.97 Å². The zero-order valence-corrected chi connectivity index (χ0v) is 11.1.